The van der Waals surface area contributed by atoms with E-state index >= 15 is 0 Å². The minimum absolute atomic E-state index is 0.531. The van der Waals surface area contributed by atoms with Crippen molar-refractivity contribution in [3.05, 3.63) is 0 Å². The van der Waals surface area contributed by atoms with Gasteiger partial charge in [-0.15, -0.1) is 0 Å². The monoisotopic (exact) mass is 155 g/mol. The Morgan fingerprint density at radius 2 is 2.09 bits per heavy atom. The predicted octanol–water partition coefficient (Wildman–Crippen LogP) is 2.21. The summed E-state index contributed by atoms with van der Waals surface area (Å²) in [7, 11) is 0. The molecule has 1 saturated heterocycles. The van der Waals surface area contributed by atoms with Gasteiger partial charge in [0.05, 0.1) is 19.3 Å². The largest absolute Gasteiger partial charge is 0.381 e. The number of nitrogens with zero attached hydrogens (tertiary/aromatic N) is 1. The van der Waals surface area contributed by atoms with Crippen LogP contribution >= 0.6 is 0 Å². The summed E-state index contributed by atoms with van der Waals surface area (Å²) in [6, 6.07) is 2.16. The minimum atomic E-state index is 0.531. The smallest absolute Gasteiger partial charge is 0.0624 e. The lowest BCUT2D eigenvalue weighted by Gasteiger charge is -2.30. The van der Waals surface area contributed by atoms with E-state index in [4.69, 9.17) is 10.00 Å². The van der Waals surface area contributed by atoms with E-state index in [1.54, 1.807) is 0 Å². The average Bonchev–Trinajstić information content (AvgIpc) is 1.89. The molecule has 0 spiro atoms. The molecule has 1 atom stereocenters. The first kappa shape index (κ1) is 10.4. The maximum Gasteiger partial charge on any atom is 0.0624 e. The summed E-state index contributed by atoms with van der Waals surface area (Å²) in [6.07, 6.45) is 0.675. The number of rotatable bonds is 2. The molecular weight excluding hydrogens is 138 g/mol. The van der Waals surface area contributed by atoms with Gasteiger partial charge < -0.3 is 4.74 Å². The topological polar surface area (TPSA) is 33.0 Å². The molecule has 1 fully saturated rings. The molecule has 11 heavy (non-hydrogen) atoms. The number of hydrogen-bond acceptors (Lipinski definition) is 2. The standard InChI is InChI=1S/C7H11NO.C2H6/c1-6(2-3-8)7-4-9-5-7;1-2/h6-7H,2,4-5H2,1H3;1-2H3. The first-order valence-corrected chi connectivity index (χ1v) is 4.29. The molecule has 0 aromatic rings. The van der Waals surface area contributed by atoms with Gasteiger partial charge >= 0.3 is 0 Å². The van der Waals surface area contributed by atoms with Crippen molar-refractivity contribution < 1.29 is 4.74 Å². The molecule has 1 heterocycles. The number of ether oxygens (including phenoxy) is 1. The molecule has 2 nitrogen and oxygen atoms in total. The molecule has 64 valence electrons. The summed E-state index contributed by atoms with van der Waals surface area (Å²) >= 11 is 0. The molecule has 1 aliphatic rings. The summed E-state index contributed by atoms with van der Waals surface area (Å²) in [6.45, 7) is 7.84. The number of nitriles is 1. The van der Waals surface area contributed by atoms with E-state index in [-0.39, 0.29) is 0 Å². The normalized spacial score (nSPS) is 18.7. The van der Waals surface area contributed by atoms with Crippen molar-refractivity contribution in [1.29, 1.82) is 5.26 Å². The minimum Gasteiger partial charge on any atom is -0.381 e. The van der Waals surface area contributed by atoms with Gasteiger partial charge in [-0.05, 0) is 5.92 Å². The molecule has 0 bridgehead atoms. The molecule has 1 unspecified atom stereocenters. The van der Waals surface area contributed by atoms with Gasteiger partial charge in [0.25, 0.3) is 0 Å². The summed E-state index contributed by atoms with van der Waals surface area (Å²) in [5.41, 5.74) is 0. The van der Waals surface area contributed by atoms with Crippen molar-refractivity contribution in [3.8, 4) is 6.07 Å². The van der Waals surface area contributed by atoms with Crippen LogP contribution < -0.4 is 0 Å². The summed E-state index contributed by atoms with van der Waals surface area (Å²) < 4.78 is 4.99. The van der Waals surface area contributed by atoms with E-state index in [2.05, 4.69) is 13.0 Å². The zero-order valence-electron chi connectivity index (χ0n) is 7.63. The lowest BCUT2D eigenvalue weighted by Crippen LogP contribution is -2.32. The van der Waals surface area contributed by atoms with Gasteiger partial charge in [0, 0.05) is 12.3 Å². The van der Waals surface area contributed by atoms with Crippen LogP contribution in [-0.4, -0.2) is 13.2 Å². The highest BCUT2D eigenvalue weighted by atomic mass is 16.5. The third-order valence-corrected chi connectivity index (χ3v) is 1.88. The Labute approximate surface area is 69.2 Å². The Morgan fingerprint density at radius 3 is 2.36 bits per heavy atom. The SMILES string of the molecule is CC.CC(CC#N)C1COC1. The van der Waals surface area contributed by atoms with Crippen LogP contribution in [0.3, 0.4) is 0 Å². The van der Waals surface area contributed by atoms with Crippen LogP contribution in [0.5, 0.6) is 0 Å². The Bertz CT molecular complexity index is 124. The Hall–Kier alpha value is -0.550. The van der Waals surface area contributed by atoms with Gasteiger partial charge in [-0.1, -0.05) is 20.8 Å². The molecule has 1 rings (SSSR count). The molecule has 0 amide bonds. The van der Waals surface area contributed by atoms with E-state index in [1.165, 1.54) is 0 Å². The lowest BCUT2D eigenvalue weighted by atomic mass is 9.90. The van der Waals surface area contributed by atoms with Crippen molar-refractivity contribution in [1.82, 2.24) is 0 Å². The molecule has 0 aromatic heterocycles. The van der Waals surface area contributed by atoms with E-state index < -0.39 is 0 Å². The van der Waals surface area contributed by atoms with Gasteiger partial charge in [-0.2, -0.15) is 5.26 Å². The highest BCUT2D eigenvalue weighted by Crippen LogP contribution is 2.22. The van der Waals surface area contributed by atoms with Crippen molar-refractivity contribution >= 4 is 0 Å². The molecule has 1 aliphatic heterocycles. The van der Waals surface area contributed by atoms with Crippen LogP contribution in [0.15, 0.2) is 0 Å². The molecular formula is C9H17NO. The predicted molar refractivity (Wildman–Crippen MR) is 45.1 cm³/mol. The van der Waals surface area contributed by atoms with Gasteiger partial charge in [0.2, 0.25) is 0 Å². The van der Waals surface area contributed by atoms with Crippen LogP contribution in [0.1, 0.15) is 27.2 Å². The molecule has 0 radical (unpaired) electrons. The first-order valence-electron chi connectivity index (χ1n) is 4.29. The Kier molecular flexibility index (Phi) is 5.87. The molecule has 0 aromatic carbocycles. The van der Waals surface area contributed by atoms with Crippen molar-refractivity contribution in [2.45, 2.75) is 27.2 Å². The van der Waals surface area contributed by atoms with E-state index in [0.717, 1.165) is 13.2 Å². The van der Waals surface area contributed by atoms with Crippen LogP contribution in [-0.2, 0) is 4.74 Å². The fraction of sp³-hybridized carbons (Fsp3) is 0.889. The molecule has 0 saturated carbocycles. The first-order chi connectivity index (χ1) is 5.34. The maximum atomic E-state index is 8.31. The van der Waals surface area contributed by atoms with Crippen molar-refractivity contribution in [2.75, 3.05) is 13.2 Å². The summed E-state index contributed by atoms with van der Waals surface area (Å²) in [4.78, 5) is 0. The van der Waals surface area contributed by atoms with Crippen LogP contribution in [0.4, 0.5) is 0 Å². The van der Waals surface area contributed by atoms with Gasteiger partial charge in [0.1, 0.15) is 0 Å². The third kappa shape index (κ3) is 3.38. The van der Waals surface area contributed by atoms with E-state index in [9.17, 15) is 0 Å². The summed E-state index contributed by atoms with van der Waals surface area (Å²) in [5.74, 6) is 1.19. The zero-order valence-corrected chi connectivity index (χ0v) is 7.63. The molecule has 2 heteroatoms. The quantitative estimate of drug-likeness (QED) is 0.612. The van der Waals surface area contributed by atoms with Gasteiger partial charge in [-0.3, -0.25) is 0 Å². The number of hydrogen-bond donors (Lipinski definition) is 0. The Morgan fingerprint density at radius 1 is 1.55 bits per heavy atom. The van der Waals surface area contributed by atoms with Gasteiger partial charge in [0.15, 0.2) is 0 Å². The van der Waals surface area contributed by atoms with Crippen LogP contribution in [0.25, 0.3) is 0 Å². The summed E-state index contributed by atoms with van der Waals surface area (Å²) in [5, 5.41) is 8.31. The maximum absolute atomic E-state index is 8.31. The van der Waals surface area contributed by atoms with E-state index in [1.807, 2.05) is 13.8 Å². The fourth-order valence-corrected chi connectivity index (χ4v) is 0.893. The Balaban J connectivity index is 0.000000461. The third-order valence-electron chi connectivity index (χ3n) is 1.88. The molecule has 0 N–H and O–H groups in total. The van der Waals surface area contributed by atoms with Crippen molar-refractivity contribution in [2.24, 2.45) is 11.8 Å². The molecule has 0 aliphatic carbocycles. The van der Waals surface area contributed by atoms with Crippen LogP contribution in [0.2, 0.25) is 0 Å². The lowest BCUT2D eigenvalue weighted by molar-refractivity contribution is -0.0560. The van der Waals surface area contributed by atoms with Crippen molar-refractivity contribution in [3.63, 3.8) is 0 Å². The average molecular weight is 155 g/mol. The second kappa shape index (κ2) is 6.18. The van der Waals surface area contributed by atoms with E-state index in [0.29, 0.717) is 18.3 Å². The second-order valence-corrected chi connectivity index (χ2v) is 2.64. The fourth-order valence-electron chi connectivity index (χ4n) is 0.893. The second-order valence-electron chi connectivity index (χ2n) is 2.64. The highest BCUT2D eigenvalue weighted by molar-refractivity contribution is 4.80. The van der Waals surface area contributed by atoms with Gasteiger partial charge in [-0.25, -0.2) is 0 Å². The zero-order chi connectivity index (χ0) is 8.69. The van der Waals surface area contributed by atoms with Crippen LogP contribution in [0, 0.1) is 23.2 Å². The highest BCUT2D eigenvalue weighted by Gasteiger charge is 2.24.